The number of fused-ring (bicyclic) bond motifs is 1. The predicted octanol–water partition coefficient (Wildman–Crippen LogP) is 4.26. The van der Waals surface area contributed by atoms with Gasteiger partial charge in [0.25, 0.3) is 0 Å². The summed E-state index contributed by atoms with van der Waals surface area (Å²) in [5.41, 5.74) is 0.130. The lowest BCUT2D eigenvalue weighted by Crippen LogP contribution is -2.56. The SMILES string of the molecule is Cc1ccc(CN2C(=O)[C@H]3[C@@H](C(=O)Nc4ccc(F)cc4)[C@@]4(C)C=C[C@@]3(O4)[C@@H]2C(=O)NC2CCCCC2)cc1. The summed E-state index contributed by atoms with van der Waals surface area (Å²) in [6.45, 7) is 4.02. The van der Waals surface area contributed by atoms with Crippen LogP contribution in [-0.2, 0) is 25.7 Å². The van der Waals surface area contributed by atoms with E-state index in [1.54, 1.807) is 11.8 Å². The Hall–Kier alpha value is -3.52. The van der Waals surface area contributed by atoms with Crippen molar-refractivity contribution in [1.82, 2.24) is 10.2 Å². The third-order valence-corrected chi connectivity index (χ3v) is 8.86. The minimum absolute atomic E-state index is 0.0637. The van der Waals surface area contributed by atoms with Crippen LogP contribution in [0.1, 0.15) is 50.2 Å². The Morgan fingerprint density at radius 3 is 2.38 bits per heavy atom. The fourth-order valence-corrected chi connectivity index (χ4v) is 6.97. The Morgan fingerprint density at radius 2 is 1.69 bits per heavy atom. The van der Waals surface area contributed by atoms with E-state index in [1.807, 2.05) is 43.3 Å². The molecule has 3 fully saturated rings. The molecule has 2 N–H and O–H groups in total. The molecule has 39 heavy (non-hydrogen) atoms. The molecule has 1 saturated carbocycles. The third-order valence-electron chi connectivity index (χ3n) is 8.86. The van der Waals surface area contributed by atoms with Crippen LogP contribution in [0.3, 0.4) is 0 Å². The van der Waals surface area contributed by atoms with Crippen LogP contribution < -0.4 is 10.6 Å². The van der Waals surface area contributed by atoms with E-state index in [1.165, 1.54) is 24.3 Å². The van der Waals surface area contributed by atoms with Crippen molar-refractivity contribution in [2.45, 2.75) is 75.8 Å². The number of amides is 3. The van der Waals surface area contributed by atoms with Gasteiger partial charge in [0.05, 0.1) is 17.4 Å². The first-order valence-corrected chi connectivity index (χ1v) is 13.8. The topological polar surface area (TPSA) is 87.7 Å². The minimum atomic E-state index is -1.25. The molecule has 4 aliphatic rings. The van der Waals surface area contributed by atoms with E-state index in [0.717, 1.165) is 43.2 Å². The summed E-state index contributed by atoms with van der Waals surface area (Å²) in [6.07, 6.45) is 8.77. The van der Waals surface area contributed by atoms with Gasteiger partial charge in [-0.3, -0.25) is 14.4 Å². The van der Waals surface area contributed by atoms with Gasteiger partial charge in [-0.15, -0.1) is 0 Å². The van der Waals surface area contributed by atoms with Crippen molar-refractivity contribution < 1.29 is 23.5 Å². The van der Waals surface area contributed by atoms with E-state index in [9.17, 15) is 18.8 Å². The summed E-state index contributed by atoms with van der Waals surface area (Å²) in [6, 6.07) is 12.5. The van der Waals surface area contributed by atoms with E-state index in [-0.39, 0.29) is 24.4 Å². The smallest absolute Gasteiger partial charge is 0.246 e. The maximum atomic E-state index is 14.2. The zero-order chi connectivity index (χ0) is 27.4. The maximum absolute atomic E-state index is 14.2. The Labute approximate surface area is 227 Å². The first-order valence-electron chi connectivity index (χ1n) is 13.8. The zero-order valence-corrected chi connectivity index (χ0v) is 22.3. The van der Waals surface area contributed by atoms with Crippen LogP contribution in [0.5, 0.6) is 0 Å². The Bertz CT molecular complexity index is 1320. The van der Waals surface area contributed by atoms with Crippen molar-refractivity contribution in [3.63, 3.8) is 0 Å². The fraction of sp³-hybridized carbons (Fsp3) is 0.452. The molecule has 3 heterocycles. The lowest BCUT2D eigenvalue weighted by atomic mass is 9.70. The predicted molar refractivity (Wildman–Crippen MR) is 144 cm³/mol. The van der Waals surface area contributed by atoms with Crippen LogP contribution in [-0.4, -0.2) is 45.9 Å². The summed E-state index contributed by atoms with van der Waals surface area (Å²) in [7, 11) is 0. The van der Waals surface area contributed by atoms with E-state index < -0.39 is 40.8 Å². The highest BCUT2D eigenvalue weighted by atomic mass is 19.1. The summed E-state index contributed by atoms with van der Waals surface area (Å²) in [4.78, 5) is 43.5. The van der Waals surface area contributed by atoms with Crippen molar-refractivity contribution in [3.05, 3.63) is 77.6 Å². The van der Waals surface area contributed by atoms with Gasteiger partial charge in [0.1, 0.15) is 17.5 Å². The standard InChI is InChI=1S/C31H34FN3O4/c1-19-8-10-20(11-9-19)18-35-26(28(37)34-22-6-4-3-5-7-22)31-17-16-30(2,39-31)24(25(31)29(35)38)27(36)33-23-14-12-21(32)13-15-23/h8-17,22,24-26H,3-7,18H2,1-2H3,(H,33,36)(H,34,37)/t24-,25+,26-,30+,31-/m0/s1. The first kappa shape index (κ1) is 25.7. The van der Waals surface area contributed by atoms with E-state index >= 15 is 0 Å². The lowest BCUT2D eigenvalue weighted by Gasteiger charge is -2.34. The second-order valence-electron chi connectivity index (χ2n) is 11.6. The van der Waals surface area contributed by atoms with E-state index in [4.69, 9.17) is 4.74 Å². The molecular formula is C31H34FN3O4. The molecule has 1 aliphatic carbocycles. The molecule has 2 bridgehead atoms. The van der Waals surface area contributed by atoms with Crippen molar-refractivity contribution in [1.29, 1.82) is 0 Å². The van der Waals surface area contributed by atoms with Gasteiger partial charge in [-0.1, -0.05) is 61.2 Å². The molecule has 8 heteroatoms. The molecule has 6 rings (SSSR count). The average molecular weight is 532 g/mol. The fourth-order valence-electron chi connectivity index (χ4n) is 6.97. The number of carbonyl (C=O) groups is 3. The van der Waals surface area contributed by atoms with Crippen LogP contribution in [0.25, 0.3) is 0 Å². The Balaban J connectivity index is 1.35. The number of benzene rings is 2. The van der Waals surface area contributed by atoms with Crippen LogP contribution in [0.4, 0.5) is 10.1 Å². The van der Waals surface area contributed by atoms with Gasteiger partial charge in [-0.25, -0.2) is 4.39 Å². The van der Waals surface area contributed by atoms with E-state index in [0.29, 0.717) is 5.69 Å². The molecule has 2 aromatic rings. The second kappa shape index (κ2) is 9.59. The quantitative estimate of drug-likeness (QED) is 0.546. The van der Waals surface area contributed by atoms with Crippen molar-refractivity contribution >= 4 is 23.4 Å². The second-order valence-corrected chi connectivity index (χ2v) is 11.6. The highest BCUT2D eigenvalue weighted by Gasteiger charge is 2.76. The third kappa shape index (κ3) is 4.35. The maximum Gasteiger partial charge on any atom is 0.246 e. The molecule has 2 aromatic carbocycles. The molecule has 5 atom stereocenters. The summed E-state index contributed by atoms with van der Waals surface area (Å²) in [5.74, 6) is -3.02. The molecule has 0 radical (unpaired) electrons. The number of anilines is 1. The first-order chi connectivity index (χ1) is 18.7. The highest BCUT2D eigenvalue weighted by molar-refractivity contribution is 6.03. The molecule has 204 valence electrons. The van der Waals surface area contributed by atoms with Gasteiger partial charge in [-0.2, -0.15) is 0 Å². The largest absolute Gasteiger partial charge is 0.356 e. The number of hydrogen-bond acceptors (Lipinski definition) is 4. The summed E-state index contributed by atoms with van der Waals surface area (Å²) in [5, 5.41) is 6.06. The number of hydrogen-bond donors (Lipinski definition) is 2. The van der Waals surface area contributed by atoms with Gasteiger partial charge in [-0.05, 0) is 56.5 Å². The molecule has 3 amide bonds. The van der Waals surface area contributed by atoms with Gasteiger partial charge in [0.15, 0.2) is 0 Å². The number of halogens is 1. The van der Waals surface area contributed by atoms with E-state index in [2.05, 4.69) is 10.6 Å². The van der Waals surface area contributed by atoms with Crippen LogP contribution >= 0.6 is 0 Å². The molecule has 0 unspecified atom stereocenters. The molecule has 0 aromatic heterocycles. The number of nitrogens with one attached hydrogen (secondary N) is 2. The minimum Gasteiger partial charge on any atom is -0.356 e. The normalized spacial score (nSPS) is 31.4. The Kier molecular flexibility index (Phi) is 6.33. The highest BCUT2D eigenvalue weighted by Crippen LogP contribution is 2.60. The van der Waals surface area contributed by atoms with Gasteiger partial charge < -0.3 is 20.3 Å². The molecular weight excluding hydrogens is 497 g/mol. The molecule has 2 saturated heterocycles. The van der Waals surface area contributed by atoms with Crippen LogP contribution in [0.15, 0.2) is 60.7 Å². The number of carbonyl (C=O) groups excluding carboxylic acids is 3. The number of likely N-dealkylation sites (tertiary alicyclic amines) is 1. The van der Waals surface area contributed by atoms with Gasteiger partial charge >= 0.3 is 0 Å². The van der Waals surface area contributed by atoms with Crippen molar-refractivity contribution in [2.75, 3.05) is 5.32 Å². The Morgan fingerprint density at radius 1 is 1.00 bits per heavy atom. The van der Waals surface area contributed by atoms with Crippen molar-refractivity contribution in [3.8, 4) is 0 Å². The number of ether oxygens (including phenoxy) is 1. The number of nitrogens with zero attached hydrogens (tertiary/aromatic N) is 1. The van der Waals surface area contributed by atoms with Gasteiger partial charge in [0.2, 0.25) is 17.7 Å². The summed E-state index contributed by atoms with van der Waals surface area (Å²) >= 11 is 0. The lowest BCUT2D eigenvalue weighted by molar-refractivity contribution is -0.145. The van der Waals surface area contributed by atoms with Crippen LogP contribution in [0.2, 0.25) is 0 Å². The number of aryl methyl sites for hydroxylation is 1. The molecule has 1 spiro atoms. The monoisotopic (exact) mass is 531 g/mol. The zero-order valence-electron chi connectivity index (χ0n) is 22.3. The average Bonchev–Trinajstić information content (AvgIpc) is 3.48. The number of rotatable bonds is 6. The molecule has 3 aliphatic heterocycles. The molecule has 7 nitrogen and oxygen atoms in total. The van der Waals surface area contributed by atoms with Crippen molar-refractivity contribution in [2.24, 2.45) is 11.8 Å². The van der Waals surface area contributed by atoms with Crippen LogP contribution in [0, 0.1) is 24.6 Å². The summed E-state index contributed by atoms with van der Waals surface area (Å²) < 4.78 is 20.0. The van der Waals surface area contributed by atoms with Gasteiger partial charge in [0, 0.05) is 18.3 Å².